The van der Waals surface area contributed by atoms with Crippen LogP contribution >= 0.6 is 11.8 Å². The molecule has 0 aliphatic carbocycles. The van der Waals surface area contributed by atoms with Gasteiger partial charge >= 0.3 is 10.2 Å². The van der Waals surface area contributed by atoms with Crippen LogP contribution in [-0.2, 0) is 10.2 Å². The molecule has 6 heteroatoms. The lowest BCUT2D eigenvalue weighted by molar-refractivity contribution is 0.509. The molecule has 1 heterocycles. The maximum atomic E-state index is 12.3. The number of rotatable bonds is 2. The van der Waals surface area contributed by atoms with E-state index >= 15 is 0 Å². The number of nitrogens with zero attached hydrogens (tertiary/aromatic N) is 2. The van der Waals surface area contributed by atoms with Gasteiger partial charge in [-0.3, -0.25) is 4.31 Å². The van der Waals surface area contributed by atoms with Crippen molar-refractivity contribution in [2.24, 2.45) is 0 Å². The summed E-state index contributed by atoms with van der Waals surface area (Å²) in [6, 6.07) is 7.60. The Hall–Kier alpha value is -0.720. The van der Waals surface area contributed by atoms with Crippen LogP contribution < -0.4 is 4.31 Å². The van der Waals surface area contributed by atoms with Gasteiger partial charge in [-0.15, -0.1) is 11.8 Å². The molecule has 1 aromatic carbocycles. The molecule has 0 spiro atoms. The second kappa shape index (κ2) is 4.51. The largest absolute Gasteiger partial charge is 0.303 e. The molecule has 0 bridgehead atoms. The third-order valence-corrected chi connectivity index (χ3v) is 5.97. The Morgan fingerprint density at radius 1 is 1.35 bits per heavy atom. The minimum Gasteiger partial charge on any atom is -0.253 e. The topological polar surface area (TPSA) is 40.6 Å². The molecule has 0 radical (unpaired) electrons. The summed E-state index contributed by atoms with van der Waals surface area (Å²) in [4.78, 5) is 1.02. The second-order valence-corrected chi connectivity index (χ2v) is 7.29. The summed E-state index contributed by atoms with van der Waals surface area (Å²) >= 11 is 1.70. The molecule has 0 N–H and O–H groups in total. The van der Waals surface area contributed by atoms with Crippen LogP contribution in [0.3, 0.4) is 0 Å². The maximum absolute atomic E-state index is 12.3. The maximum Gasteiger partial charge on any atom is 0.303 e. The molecule has 4 nitrogen and oxygen atoms in total. The third kappa shape index (κ3) is 2.17. The predicted octanol–water partition coefficient (Wildman–Crippen LogP) is 1.79. The first-order chi connectivity index (χ1) is 7.94. The van der Waals surface area contributed by atoms with Crippen LogP contribution in [0, 0.1) is 0 Å². The molecule has 1 aliphatic rings. The number of anilines is 1. The van der Waals surface area contributed by atoms with E-state index in [1.54, 1.807) is 25.9 Å². The standard InChI is InChI=1S/C11H16N2O2S2/c1-9-8-16-11-7-5-4-6-10(11)13(9)17(14,15)12(2)3/h4-7,9H,8H2,1-3H3. The molecular formula is C11H16N2O2S2. The fourth-order valence-corrected chi connectivity index (χ4v) is 4.30. The minimum absolute atomic E-state index is 0.0256. The molecule has 1 aliphatic heterocycles. The molecule has 0 amide bonds. The lowest BCUT2D eigenvalue weighted by atomic mass is 10.3. The molecular weight excluding hydrogens is 256 g/mol. The SMILES string of the molecule is CC1CSc2ccccc2N1S(=O)(=O)N(C)C. The van der Waals surface area contributed by atoms with Gasteiger partial charge in [0.2, 0.25) is 0 Å². The monoisotopic (exact) mass is 272 g/mol. The van der Waals surface area contributed by atoms with Crippen LogP contribution in [0.5, 0.6) is 0 Å². The number of benzene rings is 1. The molecule has 1 atom stereocenters. The zero-order chi connectivity index (χ0) is 12.6. The van der Waals surface area contributed by atoms with E-state index in [9.17, 15) is 8.42 Å². The lowest BCUT2D eigenvalue weighted by Gasteiger charge is -2.36. The smallest absolute Gasteiger partial charge is 0.253 e. The van der Waals surface area contributed by atoms with Crippen molar-refractivity contribution in [1.29, 1.82) is 0 Å². The van der Waals surface area contributed by atoms with Crippen LogP contribution in [-0.4, -0.2) is 38.6 Å². The van der Waals surface area contributed by atoms with Gasteiger partial charge in [-0.05, 0) is 19.1 Å². The van der Waals surface area contributed by atoms with E-state index in [4.69, 9.17) is 0 Å². The Labute approximate surface area is 107 Å². The van der Waals surface area contributed by atoms with Crippen molar-refractivity contribution in [1.82, 2.24) is 4.31 Å². The summed E-state index contributed by atoms with van der Waals surface area (Å²) in [7, 11) is -0.285. The fraction of sp³-hybridized carbons (Fsp3) is 0.455. The van der Waals surface area contributed by atoms with Crippen molar-refractivity contribution < 1.29 is 8.42 Å². The van der Waals surface area contributed by atoms with Gasteiger partial charge in [-0.25, -0.2) is 0 Å². The van der Waals surface area contributed by atoms with Gasteiger partial charge in [0.1, 0.15) is 0 Å². The lowest BCUT2D eigenvalue weighted by Crippen LogP contribution is -2.47. The number of thioether (sulfide) groups is 1. The predicted molar refractivity (Wildman–Crippen MR) is 71.7 cm³/mol. The van der Waals surface area contributed by atoms with Crippen molar-refractivity contribution in [3.8, 4) is 0 Å². The first-order valence-corrected chi connectivity index (χ1v) is 7.76. The van der Waals surface area contributed by atoms with Crippen LogP contribution in [0.2, 0.25) is 0 Å². The van der Waals surface area contributed by atoms with E-state index in [0.29, 0.717) is 0 Å². The number of fused-ring (bicyclic) bond motifs is 1. The fourth-order valence-electron chi connectivity index (χ4n) is 1.80. The summed E-state index contributed by atoms with van der Waals surface area (Å²) in [5.41, 5.74) is 0.782. The zero-order valence-electron chi connectivity index (χ0n) is 10.1. The van der Waals surface area contributed by atoms with Crippen LogP contribution in [0.4, 0.5) is 5.69 Å². The van der Waals surface area contributed by atoms with Crippen molar-refractivity contribution in [3.05, 3.63) is 24.3 Å². The van der Waals surface area contributed by atoms with Gasteiger partial charge in [0, 0.05) is 24.7 Å². The highest BCUT2D eigenvalue weighted by Gasteiger charge is 2.34. The molecule has 17 heavy (non-hydrogen) atoms. The first kappa shape index (κ1) is 12.7. The number of hydrogen-bond donors (Lipinski definition) is 0. The molecule has 0 fully saturated rings. The van der Waals surface area contributed by atoms with Gasteiger partial charge in [-0.2, -0.15) is 12.7 Å². The summed E-state index contributed by atoms with van der Waals surface area (Å²) in [6.07, 6.45) is 0. The molecule has 1 aromatic rings. The van der Waals surface area contributed by atoms with E-state index < -0.39 is 10.2 Å². The quantitative estimate of drug-likeness (QED) is 0.824. The van der Waals surface area contributed by atoms with Gasteiger partial charge in [0.05, 0.1) is 11.7 Å². The second-order valence-electron chi connectivity index (χ2n) is 4.21. The highest BCUT2D eigenvalue weighted by atomic mass is 32.2. The number of para-hydroxylation sites is 1. The van der Waals surface area contributed by atoms with Crippen molar-refractivity contribution >= 4 is 27.7 Å². The minimum atomic E-state index is -3.41. The highest BCUT2D eigenvalue weighted by Crippen LogP contribution is 2.38. The van der Waals surface area contributed by atoms with Crippen molar-refractivity contribution in [2.45, 2.75) is 17.9 Å². The number of hydrogen-bond acceptors (Lipinski definition) is 3. The summed E-state index contributed by atoms with van der Waals surface area (Å²) in [6.45, 7) is 1.93. The van der Waals surface area contributed by atoms with Gasteiger partial charge < -0.3 is 0 Å². The summed E-state index contributed by atoms with van der Waals surface area (Å²) < 4.78 is 27.4. The van der Waals surface area contributed by atoms with Crippen LogP contribution in [0.1, 0.15) is 6.92 Å². The van der Waals surface area contributed by atoms with Crippen LogP contribution in [0.15, 0.2) is 29.2 Å². The first-order valence-electron chi connectivity index (χ1n) is 5.38. The molecule has 0 saturated carbocycles. The Kier molecular flexibility index (Phi) is 3.38. The van der Waals surface area contributed by atoms with Crippen LogP contribution in [0.25, 0.3) is 0 Å². The normalized spacial score (nSPS) is 20.5. The Bertz CT molecular complexity index is 514. The van der Waals surface area contributed by atoms with Gasteiger partial charge in [-0.1, -0.05) is 12.1 Å². The molecule has 0 saturated heterocycles. The molecule has 1 unspecified atom stereocenters. The zero-order valence-corrected chi connectivity index (χ0v) is 11.8. The van der Waals surface area contributed by atoms with E-state index in [1.807, 2.05) is 31.2 Å². The average molecular weight is 272 g/mol. The van der Waals surface area contributed by atoms with E-state index in [-0.39, 0.29) is 6.04 Å². The van der Waals surface area contributed by atoms with Gasteiger partial charge in [0.15, 0.2) is 0 Å². The van der Waals surface area contributed by atoms with E-state index in [1.165, 1.54) is 8.61 Å². The Balaban J connectivity index is 2.54. The Morgan fingerprint density at radius 2 is 2.00 bits per heavy atom. The highest BCUT2D eigenvalue weighted by molar-refractivity contribution is 8.00. The average Bonchev–Trinajstić information content (AvgIpc) is 2.28. The van der Waals surface area contributed by atoms with Crippen molar-refractivity contribution in [3.63, 3.8) is 0 Å². The Morgan fingerprint density at radius 3 is 2.65 bits per heavy atom. The molecule has 94 valence electrons. The van der Waals surface area contributed by atoms with E-state index in [2.05, 4.69) is 0 Å². The molecule has 0 aromatic heterocycles. The third-order valence-electron chi connectivity index (χ3n) is 2.69. The van der Waals surface area contributed by atoms with Gasteiger partial charge in [0.25, 0.3) is 0 Å². The van der Waals surface area contributed by atoms with E-state index in [0.717, 1.165) is 16.3 Å². The molecule has 2 rings (SSSR count). The summed E-state index contributed by atoms with van der Waals surface area (Å²) in [5, 5.41) is 0. The van der Waals surface area contributed by atoms with Crippen molar-refractivity contribution in [2.75, 3.05) is 24.2 Å². The summed E-state index contributed by atoms with van der Waals surface area (Å²) in [5.74, 6) is 0.782.